The third-order valence-electron chi connectivity index (χ3n) is 2.47. The number of rotatable bonds is 1. The summed E-state index contributed by atoms with van der Waals surface area (Å²) in [5.74, 6) is 0. The third kappa shape index (κ3) is 4.43. The topological polar surface area (TPSA) is 30.0 Å². The molecule has 2 aromatic rings. The molecule has 1 unspecified atom stereocenters. The standard InChI is InChI=1S/C12H13NOS.2C2H6/c1-8-6-10-4-5-13-9(2)12(10)11(7-8)15(3)14;2*1-2/h4-7H,1-3H3;2*1-2H3. The summed E-state index contributed by atoms with van der Waals surface area (Å²) in [5.41, 5.74) is 2.08. The summed E-state index contributed by atoms with van der Waals surface area (Å²) in [6, 6.07) is 6.04. The minimum absolute atomic E-state index is 0.885. The Morgan fingerprint density at radius 2 is 1.63 bits per heavy atom. The molecule has 2 rings (SSSR count). The van der Waals surface area contributed by atoms with E-state index < -0.39 is 10.8 Å². The molecule has 0 aliphatic carbocycles. The average Bonchev–Trinajstić information content (AvgIpc) is 2.42. The SMILES string of the molecule is CC.CC.Cc1cc(S(C)=O)c2c(C)nccc2c1. The molecule has 1 heterocycles. The predicted molar refractivity (Wildman–Crippen MR) is 86.2 cm³/mol. The van der Waals surface area contributed by atoms with Gasteiger partial charge in [0.1, 0.15) is 0 Å². The van der Waals surface area contributed by atoms with Crippen molar-refractivity contribution < 1.29 is 4.21 Å². The van der Waals surface area contributed by atoms with Crippen molar-refractivity contribution in [2.45, 2.75) is 46.4 Å². The Labute approximate surface area is 119 Å². The molecule has 0 saturated carbocycles. The lowest BCUT2D eigenvalue weighted by Crippen LogP contribution is -1.94. The second-order valence-electron chi connectivity index (χ2n) is 3.71. The van der Waals surface area contributed by atoms with Gasteiger partial charge in [0, 0.05) is 28.4 Å². The van der Waals surface area contributed by atoms with Gasteiger partial charge >= 0.3 is 0 Å². The summed E-state index contributed by atoms with van der Waals surface area (Å²) in [4.78, 5) is 5.13. The molecule has 0 aliphatic rings. The van der Waals surface area contributed by atoms with Crippen molar-refractivity contribution in [1.82, 2.24) is 4.98 Å². The Hall–Kier alpha value is -1.22. The largest absolute Gasteiger partial charge is 0.261 e. The predicted octanol–water partition coefficient (Wildman–Crippen LogP) is 4.64. The van der Waals surface area contributed by atoms with Gasteiger partial charge in [-0.05, 0) is 36.9 Å². The smallest absolute Gasteiger partial charge is 0.0505 e. The molecule has 0 N–H and O–H groups in total. The van der Waals surface area contributed by atoms with Gasteiger partial charge in [0.2, 0.25) is 0 Å². The van der Waals surface area contributed by atoms with Crippen LogP contribution in [0.2, 0.25) is 0 Å². The Morgan fingerprint density at radius 1 is 1.05 bits per heavy atom. The van der Waals surface area contributed by atoms with Crippen LogP contribution in [0.3, 0.4) is 0 Å². The van der Waals surface area contributed by atoms with E-state index in [0.717, 1.165) is 26.9 Å². The van der Waals surface area contributed by atoms with Crippen LogP contribution in [0.4, 0.5) is 0 Å². The second kappa shape index (κ2) is 8.81. The summed E-state index contributed by atoms with van der Waals surface area (Å²) in [7, 11) is -0.964. The molecule has 19 heavy (non-hydrogen) atoms. The van der Waals surface area contributed by atoms with Crippen molar-refractivity contribution in [3.8, 4) is 0 Å². The number of aromatic nitrogens is 1. The van der Waals surface area contributed by atoms with Gasteiger partial charge in [0.15, 0.2) is 0 Å². The molecule has 0 saturated heterocycles. The molecule has 1 aromatic heterocycles. The lowest BCUT2D eigenvalue weighted by Gasteiger charge is -2.07. The van der Waals surface area contributed by atoms with Crippen LogP contribution in [-0.4, -0.2) is 15.4 Å². The first-order valence-corrected chi connectivity index (χ1v) is 8.35. The van der Waals surface area contributed by atoms with Gasteiger partial charge in [-0.2, -0.15) is 0 Å². The highest BCUT2D eigenvalue weighted by Crippen LogP contribution is 2.25. The maximum atomic E-state index is 11.6. The van der Waals surface area contributed by atoms with Crippen LogP contribution in [0.25, 0.3) is 10.8 Å². The Morgan fingerprint density at radius 3 is 2.16 bits per heavy atom. The van der Waals surface area contributed by atoms with Crippen LogP contribution in [0.5, 0.6) is 0 Å². The van der Waals surface area contributed by atoms with Crippen LogP contribution < -0.4 is 0 Å². The molecule has 0 bridgehead atoms. The maximum absolute atomic E-state index is 11.6. The van der Waals surface area contributed by atoms with Gasteiger partial charge in [-0.1, -0.05) is 33.8 Å². The first kappa shape index (κ1) is 17.8. The van der Waals surface area contributed by atoms with E-state index in [4.69, 9.17) is 0 Å². The lowest BCUT2D eigenvalue weighted by atomic mass is 10.1. The average molecular weight is 279 g/mol. The van der Waals surface area contributed by atoms with Crippen molar-refractivity contribution >= 4 is 21.6 Å². The van der Waals surface area contributed by atoms with E-state index in [2.05, 4.69) is 11.1 Å². The van der Waals surface area contributed by atoms with Crippen molar-refractivity contribution in [3.63, 3.8) is 0 Å². The highest BCUT2D eigenvalue weighted by Gasteiger charge is 2.08. The highest BCUT2D eigenvalue weighted by atomic mass is 32.2. The Kier molecular flexibility index (Phi) is 8.24. The normalized spacial score (nSPS) is 10.9. The molecule has 106 valence electrons. The molecule has 0 amide bonds. The molecule has 0 spiro atoms. The van der Waals surface area contributed by atoms with Crippen LogP contribution in [-0.2, 0) is 10.8 Å². The molecule has 1 aromatic carbocycles. The zero-order valence-corrected chi connectivity index (χ0v) is 13.9. The van der Waals surface area contributed by atoms with Gasteiger partial charge in [-0.3, -0.25) is 9.19 Å². The van der Waals surface area contributed by atoms with E-state index in [1.807, 2.05) is 53.7 Å². The summed E-state index contributed by atoms with van der Waals surface area (Å²) in [5, 5.41) is 2.15. The summed E-state index contributed by atoms with van der Waals surface area (Å²) < 4.78 is 11.6. The molecule has 1 atom stereocenters. The summed E-state index contributed by atoms with van der Waals surface area (Å²) >= 11 is 0. The van der Waals surface area contributed by atoms with Crippen molar-refractivity contribution in [2.24, 2.45) is 0 Å². The van der Waals surface area contributed by atoms with Crippen LogP contribution in [0, 0.1) is 13.8 Å². The number of aryl methyl sites for hydroxylation is 2. The fourth-order valence-corrected chi connectivity index (χ4v) is 2.72. The first-order chi connectivity index (χ1) is 9.09. The number of nitrogens with zero attached hydrogens (tertiary/aromatic N) is 1. The van der Waals surface area contributed by atoms with Crippen molar-refractivity contribution in [1.29, 1.82) is 0 Å². The molecule has 0 aliphatic heterocycles. The van der Waals surface area contributed by atoms with Gasteiger partial charge in [-0.25, -0.2) is 0 Å². The van der Waals surface area contributed by atoms with E-state index in [9.17, 15) is 4.21 Å². The van der Waals surface area contributed by atoms with Crippen LogP contribution in [0.1, 0.15) is 39.0 Å². The number of pyridine rings is 1. The first-order valence-electron chi connectivity index (χ1n) is 6.79. The molecular formula is C16H25NOS. The van der Waals surface area contributed by atoms with Crippen LogP contribution >= 0.6 is 0 Å². The van der Waals surface area contributed by atoms with Crippen molar-refractivity contribution in [2.75, 3.05) is 6.26 Å². The number of hydrogen-bond donors (Lipinski definition) is 0. The number of benzene rings is 1. The van der Waals surface area contributed by atoms with E-state index in [1.54, 1.807) is 12.5 Å². The second-order valence-corrected chi connectivity index (χ2v) is 5.06. The molecule has 3 heteroatoms. The zero-order chi connectivity index (χ0) is 15.0. The molecule has 2 nitrogen and oxygen atoms in total. The van der Waals surface area contributed by atoms with E-state index in [-0.39, 0.29) is 0 Å². The fraction of sp³-hybridized carbons (Fsp3) is 0.438. The number of fused-ring (bicyclic) bond motifs is 1. The lowest BCUT2D eigenvalue weighted by molar-refractivity contribution is 0.687. The summed E-state index contributed by atoms with van der Waals surface area (Å²) in [6.45, 7) is 12.0. The molecule has 0 radical (unpaired) electrons. The highest BCUT2D eigenvalue weighted by molar-refractivity contribution is 7.84. The minimum atomic E-state index is -0.964. The van der Waals surface area contributed by atoms with Gasteiger partial charge < -0.3 is 0 Å². The van der Waals surface area contributed by atoms with E-state index >= 15 is 0 Å². The monoisotopic (exact) mass is 279 g/mol. The molecular weight excluding hydrogens is 254 g/mol. The van der Waals surface area contributed by atoms with Gasteiger partial charge in [0.25, 0.3) is 0 Å². The van der Waals surface area contributed by atoms with Crippen LogP contribution in [0.15, 0.2) is 29.3 Å². The van der Waals surface area contributed by atoms with Gasteiger partial charge in [0.05, 0.1) is 10.8 Å². The maximum Gasteiger partial charge on any atom is 0.0505 e. The Bertz CT molecular complexity index is 550. The number of hydrogen-bond acceptors (Lipinski definition) is 2. The minimum Gasteiger partial charge on any atom is -0.261 e. The summed E-state index contributed by atoms with van der Waals surface area (Å²) in [6.07, 6.45) is 3.50. The quantitative estimate of drug-likeness (QED) is 0.761. The molecule has 0 fully saturated rings. The fourth-order valence-electron chi connectivity index (χ4n) is 1.82. The Balaban J connectivity index is 0.000000741. The zero-order valence-electron chi connectivity index (χ0n) is 13.1. The van der Waals surface area contributed by atoms with E-state index in [0.29, 0.717) is 0 Å². The van der Waals surface area contributed by atoms with Crippen molar-refractivity contribution in [3.05, 3.63) is 35.7 Å². The van der Waals surface area contributed by atoms with Gasteiger partial charge in [-0.15, -0.1) is 0 Å². The third-order valence-corrected chi connectivity index (χ3v) is 3.41. The van der Waals surface area contributed by atoms with E-state index in [1.165, 1.54) is 0 Å².